The lowest BCUT2D eigenvalue weighted by atomic mass is 10.1. The normalized spacial score (nSPS) is 19.4. The van der Waals surface area contributed by atoms with Gasteiger partial charge in [0.05, 0.1) is 0 Å². The van der Waals surface area contributed by atoms with Crippen LogP contribution in [0.2, 0.25) is 0 Å². The van der Waals surface area contributed by atoms with E-state index in [2.05, 4.69) is 30.8 Å². The molecule has 0 spiro atoms. The Balaban J connectivity index is 1.92. The van der Waals surface area contributed by atoms with E-state index < -0.39 is 0 Å². The number of rotatable bonds is 6. The fourth-order valence-electron chi connectivity index (χ4n) is 2.94. The number of likely N-dealkylation sites (tertiary alicyclic amines) is 1. The zero-order chi connectivity index (χ0) is 14.5. The van der Waals surface area contributed by atoms with Crippen molar-refractivity contribution in [2.45, 2.75) is 33.2 Å². The molecule has 0 saturated carbocycles. The smallest absolute Gasteiger partial charge is 0.242 e. The largest absolute Gasteiger partial charge is 0.341 e. The molecule has 1 amide bonds. The molecule has 1 atom stereocenters. The van der Waals surface area contributed by atoms with Gasteiger partial charge in [-0.2, -0.15) is 0 Å². The highest BCUT2D eigenvalue weighted by atomic mass is 16.2. The molecular weight excluding hydrogens is 252 g/mol. The van der Waals surface area contributed by atoms with Crippen LogP contribution in [0, 0.1) is 5.92 Å². The highest BCUT2D eigenvalue weighted by molar-refractivity contribution is 5.76. The lowest BCUT2D eigenvalue weighted by Gasteiger charge is -2.25. The van der Waals surface area contributed by atoms with Crippen molar-refractivity contribution in [3.8, 4) is 0 Å². The second-order valence-electron chi connectivity index (χ2n) is 5.67. The van der Waals surface area contributed by atoms with Crippen LogP contribution in [0.5, 0.6) is 0 Å². The molecular formula is C15H26N4O. The Morgan fingerprint density at radius 2 is 2.30 bits per heavy atom. The van der Waals surface area contributed by atoms with Crippen molar-refractivity contribution in [1.29, 1.82) is 0 Å². The molecule has 1 aliphatic heterocycles. The van der Waals surface area contributed by atoms with Crippen molar-refractivity contribution in [2.24, 2.45) is 5.92 Å². The van der Waals surface area contributed by atoms with E-state index in [1.807, 2.05) is 15.7 Å². The molecule has 0 bridgehead atoms. The summed E-state index contributed by atoms with van der Waals surface area (Å²) in [5.41, 5.74) is 0. The molecule has 1 aliphatic rings. The van der Waals surface area contributed by atoms with Crippen molar-refractivity contribution in [1.82, 2.24) is 19.4 Å². The average molecular weight is 278 g/mol. The fraction of sp³-hybridized carbons (Fsp3) is 0.733. The zero-order valence-electron chi connectivity index (χ0n) is 12.9. The van der Waals surface area contributed by atoms with Crippen molar-refractivity contribution in [3.05, 3.63) is 18.2 Å². The van der Waals surface area contributed by atoms with Crippen LogP contribution < -0.4 is 0 Å². The van der Waals surface area contributed by atoms with Crippen LogP contribution in [-0.2, 0) is 17.8 Å². The molecule has 0 aromatic carbocycles. The Morgan fingerprint density at radius 3 is 2.90 bits per heavy atom. The average Bonchev–Trinajstić information content (AvgIpc) is 3.04. The number of amides is 1. The van der Waals surface area contributed by atoms with Gasteiger partial charge in [0.1, 0.15) is 12.4 Å². The van der Waals surface area contributed by atoms with Crippen LogP contribution in [0.25, 0.3) is 0 Å². The molecule has 1 aromatic rings. The van der Waals surface area contributed by atoms with Crippen molar-refractivity contribution in [2.75, 3.05) is 33.2 Å². The van der Waals surface area contributed by atoms with Crippen LogP contribution in [-0.4, -0.2) is 58.5 Å². The minimum atomic E-state index is 0.203. The number of carbonyl (C=O) groups is 1. The summed E-state index contributed by atoms with van der Waals surface area (Å²) < 4.78 is 1.96. The van der Waals surface area contributed by atoms with E-state index in [4.69, 9.17) is 0 Å². The molecule has 0 aliphatic carbocycles. The molecule has 5 nitrogen and oxygen atoms in total. The number of hydrogen-bond donors (Lipinski definition) is 0. The fourth-order valence-corrected chi connectivity index (χ4v) is 2.94. The minimum absolute atomic E-state index is 0.203. The van der Waals surface area contributed by atoms with E-state index in [1.54, 1.807) is 6.20 Å². The maximum Gasteiger partial charge on any atom is 0.242 e. The Bertz CT molecular complexity index is 443. The van der Waals surface area contributed by atoms with E-state index in [1.165, 1.54) is 6.42 Å². The van der Waals surface area contributed by atoms with Gasteiger partial charge in [0.2, 0.25) is 5.91 Å². The summed E-state index contributed by atoms with van der Waals surface area (Å²) in [6.45, 7) is 8.47. The van der Waals surface area contributed by atoms with Gasteiger partial charge in [-0.15, -0.1) is 0 Å². The highest BCUT2D eigenvalue weighted by Gasteiger charge is 2.23. The number of aryl methyl sites for hydroxylation is 1. The monoisotopic (exact) mass is 278 g/mol. The number of aromatic nitrogens is 2. The van der Waals surface area contributed by atoms with Crippen LogP contribution in [0.3, 0.4) is 0 Å². The number of likely N-dealkylation sites (N-methyl/N-ethyl adjacent to an activating group) is 1. The standard InChI is InChI=1S/C15H26N4O/c1-4-14-16-7-9-19(14)12-15(20)18(5-2)11-13-6-8-17(3)10-13/h7,9,13H,4-6,8,10-12H2,1-3H3/t13-/m1/s1. The molecule has 2 heterocycles. The molecule has 1 saturated heterocycles. The number of hydrogen-bond acceptors (Lipinski definition) is 3. The summed E-state index contributed by atoms with van der Waals surface area (Å²) in [5.74, 6) is 1.81. The number of nitrogens with zero attached hydrogens (tertiary/aromatic N) is 4. The SMILES string of the molecule is CCc1nccn1CC(=O)N(CC)C[C@@H]1CCN(C)C1. The molecule has 2 rings (SSSR count). The second-order valence-corrected chi connectivity index (χ2v) is 5.67. The Morgan fingerprint density at radius 1 is 1.50 bits per heavy atom. The predicted molar refractivity (Wildman–Crippen MR) is 79.5 cm³/mol. The Labute approximate surface area is 121 Å². The summed E-state index contributed by atoms with van der Waals surface area (Å²) in [4.78, 5) is 21.0. The predicted octanol–water partition coefficient (Wildman–Crippen LogP) is 1.25. The van der Waals surface area contributed by atoms with E-state index in [9.17, 15) is 4.79 Å². The van der Waals surface area contributed by atoms with Crippen molar-refractivity contribution in [3.63, 3.8) is 0 Å². The first kappa shape index (κ1) is 15.0. The molecule has 112 valence electrons. The third-order valence-electron chi connectivity index (χ3n) is 4.13. The Kier molecular flexibility index (Phi) is 5.17. The molecule has 1 fully saturated rings. The molecule has 0 N–H and O–H groups in total. The Hall–Kier alpha value is -1.36. The lowest BCUT2D eigenvalue weighted by molar-refractivity contribution is -0.132. The summed E-state index contributed by atoms with van der Waals surface area (Å²) in [7, 11) is 2.15. The van der Waals surface area contributed by atoms with Crippen molar-refractivity contribution >= 4 is 5.91 Å². The van der Waals surface area contributed by atoms with Gasteiger partial charge < -0.3 is 14.4 Å². The molecule has 5 heteroatoms. The van der Waals surface area contributed by atoms with E-state index in [0.717, 1.165) is 38.4 Å². The molecule has 20 heavy (non-hydrogen) atoms. The van der Waals surface area contributed by atoms with E-state index >= 15 is 0 Å². The zero-order valence-corrected chi connectivity index (χ0v) is 12.9. The van der Waals surface area contributed by atoms with E-state index in [0.29, 0.717) is 12.5 Å². The first-order valence-corrected chi connectivity index (χ1v) is 7.60. The third kappa shape index (κ3) is 3.60. The third-order valence-corrected chi connectivity index (χ3v) is 4.13. The van der Waals surface area contributed by atoms with Crippen LogP contribution in [0.1, 0.15) is 26.1 Å². The van der Waals surface area contributed by atoms with Gasteiger partial charge in [-0.25, -0.2) is 4.98 Å². The molecule has 0 radical (unpaired) electrons. The van der Waals surface area contributed by atoms with Crippen LogP contribution in [0.15, 0.2) is 12.4 Å². The maximum absolute atomic E-state index is 12.4. The summed E-state index contributed by atoms with van der Waals surface area (Å²) >= 11 is 0. The molecule has 0 unspecified atom stereocenters. The minimum Gasteiger partial charge on any atom is -0.341 e. The first-order chi connectivity index (χ1) is 9.63. The van der Waals surface area contributed by atoms with Gasteiger partial charge in [-0.3, -0.25) is 4.79 Å². The quantitative estimate of drug-likeness (QED) is 0.786. The van der Waals surface area contributed by atoms with Crippen molar-refractivity contribution < 1.29 is 4.79 Å². The van der Waals surface area contributed by atoms with Gasteiger partial charge in [-0.1, -0.05) is 6.92 Å². The maximum atomic E-state index is 12.4. The van der Waals surface area contributed by atoms with Gasteiger partial charge in [0.25, 0.3) is 0 Å². The van der Waals surface area contributed by atoms with Gasteiger partial charge >= 0.3 is 0 Å². The van der Waals surface area contributed by atoms with Gasteiger partial charge in [-0.05, 0) is 32.9 Å². The second kappa shape index (κ2) is 6.88. The highest BCUT2D eigenvalue weighted by Crippen LogP contribution is 2.16. The summed E-state index contributed by atoms with van der Waals surface area (Å²) in [6, 6.07) is 0. The van der Waals surface area contributed by atoms with Crippen LogP contribution >= 0.6 is 0 Å². The number of carbonyl (C=O) groups excluding carboxylic acids is 1. The van der Waals surface area contributed by atoms with Gasteiger partial charge in [0.15, 0.2) is 0 Å². The lowest BCUT2D eigenvalue weighted by Crippen LogP contribution is -2.38. The van der Waals surface area contributed by atoms with E-state index in [-0.39, 0.29) is 5.91 Å². The van der Waals surface area contributed by atoms with Gasteiger partial charge in [0, 0.05) is 38.4 Å². The summed E-state index contributed by atoms with van der Waals surface area (Å²) in [5, 5.41) is 0. The number of imidazole rings is 1. The molecule has 1 aromatic heterocycles. The van der Waals surface area contributed by atoms with Crippen LogP contribution in [0.4, 0.5) is 0 Å². The first-order valence-electron chi connectivity index (χ1n) is 7.60. The summed E-state index contributed by atoms with van der Waals surface area (Å²) in [6.07, 6.45) is 5.73. The topological polar surface area (TPSA) is 41.4 Å².